The molecule has 0 unspecified atom stereocenters. The summed E-state index contributed by atoms with van der Waals surface area (Å²) in [6.07, 6.45) is 4.22. The maximum atomic E-state index is 12.1. The van der Waals surface area contributed by atoms with Crippen molar-refractivity contribution in [3.63, 3.8) is 0 Å². The van der Waals surface area contributed by atoms with E-state index < -0.39 is 0 Å². The highest BCUT2D eigenvalue weighted by Gasteiger charge is 2.34. The number of nitrogens with two attached hydrogens (primary N) is 1. The molecule has 17 heavy (non-hydrogen) atoms. The molecular formula is C13H19N3O. The molecule has 0 spiro atoms. The van der Waals surface area contributed by atoms with Crippen molar-refractivity contribution in [2.45, 2.75) is 38.1 Å². The molecule has 1 aliphatic carbocycles. The van der Waals surface area contributed by atoms with Gasteiger partial charge in [-0.2, -0.15) is 0 Å². The van der Waals surface area contributed by atoms with Gasteiger partial charge >= 0.3 is 0 Å². The summed E-state index contributed by atoms with van der Waals surface area (Å²) in [5, 5.41) is 3.06. The minimum atomic E-state index is -0.206. The van der Waals surface area contributed by atoms with Crippen molar-refractivity contribution in [1.29, 1.82) is 0 Å². The highest BCUT2D eigenvalue weighted by Crippen LogP contribution is 2.28. The monoisotopic (exact) mass is 233 g/mol. The van der Waals surface area contributed by atoms with Crippen molar-refractivity contribution in [3.05, 3.63) is 29.6 Å². The van der Waals surface area contributed by atoms with Gasteiger partial charge in [-0.3, -0.25) is 4.79 Å². The van der Waals surface area contributed by atoms with Crippen molar-refractivity contribution in [3.8, 4) is 0 Å². The second-order valence-electron chi connectivity index (χ2n) is 4.81. The molecule has 1 aromatic heterocycles. The number of hydrogen-bond acceptors (Lipinski definition) is 3. The van der Waals surface area contributed by atoms with Gasteiger partial charge < -0.3 is 11.1 Å². The van der Waals surface area contributed by atoms with Crippen LogP contribution < -0.4 is 11.1 Å². The van der Waals surface area contributed by atoms with Crippen LogP contribution in [0.3, 0.4) is 0 Å². The molecule has 0 saturated heterocycles. The summed E-state index contributed by atoms with van der Waals surface area (Å²) in [4.78, 5) is 16.3. The quantitative estimate of drug-likeness (QED) is 0.829. The Morgan fingerprint density at radius 1 is 1.47 bits per heavy atom. The first-order valence-corrected chi connectivity index (χ1v) is 6.11. The SMILES string of the molecule is Cc1cccc(C(=O)NC2(CN)CCCC2)n1. The molecule has 4 nitrogen and oxygen atoms in total. The fourth-order valence-electron chi connectivity index (χ4n) is 2.41. The largest absolute Gasteiger partial charge is 0.344 e. The predicted molar refractivity (Wildman–Crippen MR) is 66.7 cm³/mol. The Hall–Kier alpha value is -1.42. The third kappa shape index (κ3) is 2.64. The summed E-state index contributed by atoms with van der Waals surface area (Å²) in [7, 11) is 0. The van der Waals surface area contributed by atoms with E-state index in [2.05, 4.69) is 10.3 Å². The van der Waals surface area contributed by atoms with Crippen LogP contribution in [-0.2, 0) is 0 Å². The van der Waals surface area contributed by atoms with Crippen molar-refractivity contribution < 1.29 is 4.79 Å². The molecule has 4 heteroatoms. The van der Waals surface area contributed by atoms with Gasteiger partial charge in [0.15, 0.2) is 0 Å². The summed E-state index contributed by atoms with van der Waals surface area (Å²) in [6.45, 7) is 2.38. The Morgan fingerprint density at radius 2 is 2.18 bits per heavy atom. The first-order chi connectivity index (χ1) is 8.15. The fourth-order valence-corrected chi connectivity index (χ4v) is 2.41. The summed E-state index contributed by atoms with van der Waals surface area (Å²) in [6, 6.07) is 5.47. The number of pyridine rings is 1. The lowest BCUT2D eigenvalue weighted by molar-refractivity contribution is 0.0897. The van der Waals surface area contributed by atoms with Crippen LogP contribution in [0.15, 0.2) is 18.2 Å². The van der Waals surface area contributed by atoms with Crippen LogP contribution >= 0.6 is 0 Å². The van der Waals surface area contributed by atoms with Gasteiger partial charge in [0.05, 0.1) is 5.54 Å². The van der Waals surface area contributed by atoms with Crippen molar-refractivity contribution in [2.75, 3.05) is 6.54 Å². The third-order valence-electron chi connectivity index (χ3n) is 3.45. The molecule has 1 aromatic rings. The van der Waals surface area contributed by atoms with Gasteiger partial charge in [-0.25, -0.2) is 4.98 Å². The van der Waals surface area contributed by atoms with Crippen LogP contribution in [0.5, 0.6) is 0 Å². The number of amides is 1. The number of aromatic nitrogens is 1. The number of nitrogens with zero attached hydrogens (tertiary/aromatic N) is 1. The second kappa shape index (κ2) is 4.84. The van der Waals surface area contributed by atoms with E-state index in [0.717, 1.165) is 31.4 Å². The van der Waals surface area contributed by atoms with E-state index in [1.54, 1.807) is 6.07 Å². The van der Waals surface area contributed by atoms with Crippen molar-refractivity contribution in [2.24, 2.45) is 5.73 Å². The number of aryl methyl sites for hydroxylation is 1. The number of carbonyl (C=O) groups is 1. The molecule has 92 valence electrons. The van der Waals surface area contributed by atoms with Gasteiger partial charge in [0.1, 0.15) is 5.69 Å². The number of hydrogen-bond donors (Lipinski definition) is 2. The zero-order valence-electron chi connectivity index (χ0n) is 10.2. The van der Waals surface area contributed by atoms with Crippen LogP contribution in [-0.4, -0.2) is 23.0 Å². The van der Waals surface area contributed by atoms with Crippen LogP contribution in [0, 0.1) is 6.92 Å². The zero-order chi connectivity index (χ0) is 12.3. The molecule has 1 fully saturated rings. The second-order valence-corrected chi connectivity index (χ2v) is 4.81. The maximum absolute atomic E-state index is 12.1. The van der Waals surface area contributed by atoms with Gasteiger partial charge in [0.2, 0.25) is 0 Å². The van der Waals surface area contributed by atoms with Crippen LogP contribution in [0.25, 0.3) is 0 Å². The first-order valence-electron chi connectivity index (χ1n) is 6.11. The molecule has 2 rings (SSSR count). The molecule has 0 aliphatic heterocycles. The smallest absolute Gasteiger partial charge is 0.270 e. The summed E-state index contributed by atoms with van der Waals surface area (Å²) in [5.41, 5.74) is 6.91. The molecule has 0 radical (unpaired) electrons. The molecule has 1 saturated carbocycles. The fraction of sp³-hybridized carbons (Fsp3) is 0.538. The highest BCUT2D eigenvalue weighted by atomic mass is 16.2. The Morgan fingerprint density at radius 3 is 2.76 bits per heavy atom. The minimum absolute atomic E-state index is 0.110. The zero-order valence-corrected chi connectivity index (χ0v) is 10.2. The van der Waals surface area contributed by atoms with Gasteiger partial charge in [0.25, 0.3) is 5.91 Å². The molecule has 1 amide bonds. The molecular weight excluding hydrogens is 214 g/mol. The number of carbonyl (C=O) groups excluding carboxylic acids is 1. The summed E-state index contributed by atoms with van der Waals surface area (Å²) in [5.74, 6) is -0.110. The van der Waals surface area contributed by atoms with E-state index in [9.17, 15) is 4.79 Å². The van der Waals surface area contributed by atoms with Crippen LogP contribution in [0.1, 0.15) is 41.9 Å². The lowest BCUT2D eigenvalue weighted by Gasteiger charge is -2.28. The van der Waals surface area contributed by atoms with Gasteiger partial charge in [-0.1, -0.05) is 18.9 Å². The molecule has 1 aliphatic rings. The van der Waals surface area contributed by atoms with Gasteiger partial charge in [-0.15, -0.1) is 0 Å². The van der Waals surface area contributed by atoms with E-state index in [0.29, 0.717) is 12.2 Å². The van der Waals surface area contributed by atoms with Crippen LogP contribution in [0.2, 0.25) is 0 Å². The average molecular weight is 233 g/mol. The Bertz CT molecular complexity index is 411. The van der Waals surface area contributed by atoms with E-state index in [4.69, 9.17) is 5.73 Å². The number of rotatable bonds is 3. The lowest BCUT2D eigenvalue weighted by Crippen LogP contribution is -2.51. The van der Waals surface area contributed by atoms with E-state index in [1.807, 2.05) is 19.1 Å². The van der Waals surface area contributed by atoms with Crippen LogP contribution in [0.4, 0.5) is 0 Å². The predicted octanol–water partition coefficient (Wildman–Crippen LogP) is 1.39. The molecule has 1 heterocycles. The summed E-state index contributed by atoms with van der Waals surface area (Å²) < 4.78 is 0. The van der Waals surface area contributed by atoms with Crippen molar-refractivity contribution in [1.82, 2.24) is 10.3 Å². The van der Waals surface area contributed by atoms with E-state index in [1.165, 1.54) is 0 Å². The Kier molecular flexibility index (Phi) is 3.43. The van der Waals surface area contributed by atoms with Crippen molar-refractivity contribution >= 4 is 5.91 Å². The highest BCUT2D eigenvalue weighted by molar-refractivity contribution is 5.92. The average Bonchev–Trinajstić information content (AvgIpc) is 2.78. The normalized spacial score (nSPS) is 18.0. The van der Waals surface area contributed by atoms with E-state index in [-0.39, 0.29) is 11.4 Å². The molecule has 0 aromatic carbocycles. The Balaban J connectivity index is 2.11. The third-order valence-corrected chi connectivity index (χ3v) is 3.45. The Labute approximate surface area is 102 Å². The van der Waals surface area contributed by atoms with Gasteiger partial charge in [0, 0.05) is 12.2 Å². The molecule has 0 bridgehead atoms. The minimum Gasteiger partial charge on any atom is -0.344 e. The van der Waals surface area contributed by atoms with Gasteiger partial charge in [-0.05, 0) is 31.9 Å². The first kappa shape index (κ1) is 12.0. The lowest BCUT2D eigenvalue weighted by atomic mass is 9.97. The number of nitrogens with one attached hydrogen (secondary N) is 1. The molecule has 0 atom stereocenters. The van der Waals surface area contributed by atoms with E-state index >= 15 is 0 Å². The maximum Gasteiger partial charge on any atom is 0.270 e. The molecule has 3 N–H and O–H groups in total. The topological polar surface area (TPSA) is 68.0 Å². The standard InChI is InChI=1S/C13H19N3O/c1-10-5-4-6-11(15-10)12(17)16-13(9-14)7-2-3-8-13/h4-6H,2-3,7-9,14H2,1H3,(H,16,17). The summed E-state index contributed by atoms with van der Waals surface area (Å²) >= 11 is 0.